The van der Waals surface area contributed by atoms with Crippen LogP contribution < -0.4 is 26.8 Å². The van der Waals surface area contributed by atoms with Gasteiger partial charge in [-0.05, 0) is 32.9 Å². The van der Waals surface area contributed by atoms with Crippen molar-refractivity contribution in [2.45, 2.75) is 26.4 Å². The Morgan fingerprint density at radius 1 is 1.37 bits per heavy atom. The van der Waals surface area contributed by atoms with E-state index in [0.29, 0.717) is 30.5 Å². The van der Waals surface area contributed by atoms with Crippen LogP contribution in [0.3, 0.4) is 0 Å². The van der Waals surface area contributed by atoms with Gasteiger partial charge in [-0.2, -0.15) is 4.98 Å². The summed E-state index contributed by atoms with van der Waals surface area (Å²) in [5.41, 5.74) is 10.9. The van der Waals surface area contributed by atoms with Crippen molar-refractivity contribution in [3.05, 3.63) is 12.1 Å². The first-order valence-electron chi connectivity index (χ1n) is 6.00. The Labute approximate surface area is 112 Å². The topological polar surface area (TPSA) is 115 Å². The fraction of sp³-hybridized carbons (Fsp3) is 0.500. The quantitative estimate of drug-likeness (QED) is 0.592. The third-order valence-electron chi connectivity index (χ3n) is 2.02. The maximum atomic E-state index is 10.5. The Morgan fingerprint density at radius 3 is 2.63 bits per heavy atom. The van der Waals surface area contributed by atoms with Crippen molar-refractivity contribution in [3.63, 3.8) is 0 Å². The molecule has 7 nitrogen and oxygen atoms in total. The maximum Gasteiger partial charge on any atom is 0.312 e. The van der Waals surface area contributed by atoms with Gasteiger partial charge in [0.1, 0.15) is 11.4 Å². The summed E-state index contributed by atoms with van der Waals surface area (Å²) in [4.78, 5) is 14.8. The summed E-state index contributed by atoms with van der Waals surface area (Å²) in [6.45, 7) is 6.69. The minimum absolute atomic E-state index is 0.368. The predicted molar refractivity (Wildman–Crippen MR) is 75.1 cm³/mol. The number of primary amides is 1. The molecule has 0 atom stereocenters. The number of carbonyl (C=O) groups is 1. The van der Waals surface area contributed by atoms with E-state index < -0.39 is 6.03 Å². The van der Waals surface area contributed by atoms with Crippen LogP contribution in [-0.4, -0.2) is 29.7 Å². The number of carbonyl (C=O) groups excluding carboxylic acids is 1. The lowest BCUT2D eigenvalue weighted by atomic mass is 10.2. The van der Waals surface area contributed by atoms with Crippen LogP contribution >= 0.6 is 0 Å². The van der Waals surface area contributed by atoms with Crippen molar-refractivity contribution >= 4 is 17.5 Å². The van der Waals surface area contributed by atoms with Gasteiger partial charge in [-0.1, -0.05) is 0 Å². The van der Waals surface area contributed by atoms with Gasteiger partial charge < -0.3 is 26.8 Å². The minimum atomic E-state index is -0.552. The SMILES string of the molecule is CC(C)(C)Oc1nc(NCCNC(N)=O)ccc1N. The summed E-state index contributed by atoms with van der Waals surface area (Å²) in [5, 5.41) is 5.51. The molecule has 0 radical (unpaired) electrons. The second-order valence-corrected chi connectivity index (χ2v) is 5.02. The molecule has 0 aliphatic heterocycles. The normalized spacial score (nSPS) is 10.9. The third-order valence-corrected chi connectivity index (χ3v) is 2.02. The van der Waals surface area contributed by atoms with Gasteiger partial charge in [-0.15, -0.1) is 0 Å². The minimum Gasteiger partial charge on any atom is -0.470 e. The van der Waals surface area contributed by atoms with Crippen LogP contribution in [0.2, 0.25) is 0 Å². The fourth-order valence-corrected chi connectivity index (χ4v) is 1.30. The molecule has 0 saturated carbocycles. The number of nitrogens with zero attached hydrogens (tertiary/aromatic N) is 1. The number of hydrogen-bond acceptors (Lipinski definition) is 5. The standard InChI is InChI=1S/C12H21N5O2/c1-12(2,3)19-10-8(13)4-5-9(17-10)15-6-7-16-11(14)18/h4-5H,6-7,13H2,1-3H3,(H,15,17)(H3,14,16,18). The van der Waals surface area contributed by atoms with E-state index in [9.17, 15) is 4.79 Å². The first-order valence-corrected chi connectivity index (χ1v) is 6.00. The molecule has 0 saturated heterocycles. The molecule has 7 heteroatoms. The highest BCUT2D eigenvalue weighted by Gasteiger charge is 2.15. The van der Waals surface area contributed by atoms with Crippen molar-refractivity contribution in [2.75, 3.05) is 24.1 Å². The van der Waals surface area contributed by atoms with Crippen LogP contribution in [0.4, 0.5) is 16.3 Å². The summed E-state index contributed by atoms with van der Waals surface area (Å²) in [7, 11) is 0. The number of nitrogens with one attached hydrogen (secondary N) is 2. The molecule has 6 N–H and O–H groups in total. The number of ether oxygens (including phenoxy) is 1. The molecular weight excluding hydrogens is 246 g/mol. The van der Waals surface area contributed by atoms with Crippen molar-refractivity contribution in [1.82, 2.24) is 10.3 Å². The zero-order valence-electron chi connectivity index (χ0n) is 11.5. The molecule has 2 amide bonds. The molecule has 1 aromatic heterocycles. The number of aromatic nitrogens is 1. The average Bonchev–Trinajstić information content (AvgIpc) is 2.26. The number of urea groups is 1. The number of rotatable bonds is 5. The molecule has 0 aromatic carbocycles. The van der Waals surface area contributed by atoms with Gasteiger partial charge in [0.05, 0.1) is 5.69 Å². The number of nitrogen functional groups attached to an aromatic ring is 1. The molecule has 19 heavy (non-hydrogen) atoms. The molecule has 0 unspecified atom stereocenters. The monoisotopic (exact) mass is 267 g/mol. The lowest BCUT2D eigenvalue weighted by Crippen LogP contribution is -2.33. The van der Waals surface area contributed by atoms with Crippen molar-refractivity contribution < 1.29 is 9.53 Å². The second-order valence-electron chi connectivity index (χ2n) is 5.02. The van der Waals surface area contributed by atoms with Gasteiger partial charge in [0, 0.05) is 13.1 Å². The van der Waals surface area contributed by atoms with Crippen LogP contribution in [0.1, 0.15) is 20.8 Å². The Bertz CT molecular complexity index is 442. The average molecular weight is 267 g/mol. The summed E-state index contributed by atoms with van der Waals surface area (Å²) in [5.74, 6) is 1.01. The molecule has 1 aromatic rings. The van der Waals surface area contributed by atoms with E-state index in [1.54, 1.807) is 12.1 Å². The van der Waals surface area contributed by atoms with E-state index in [1.165, 1.54) is 0 Å². The lowest BCUT2D eigenvalue weighted by Gasteiger charge is -2.21. The number of pyridine rings is 1. The molecule has 0 aliphatic rings. The number of nitrogens with two attached hydrogens (primary N) is 2. The molecule has 0 aliphatic carbocycles. The number of anilines is 2. The third kappa shape index (κ3) is 5.80. The zero-order chi connectivity index (χ0) is 14.5. The smallest absolute Gasteiger partial charge is 0.312 e. The van der Waals surface area contributed by atoms with E-state index in [-0.39, 0.29) is 5.60 Å². The first kappa shape index (κ1) is 14.9. The highest BCUT2D eigenvalue weighted by molar-refractivity contribution is 5.71. The highest BCUT2D eigenvalue weighted by Crippen LogP contribution is 2.24. The highest BCUT2D eigenvalue weighted by atomic mass is 16.5. The zero-order valence-corrected chi connectivity index (χ0v) is 11.5. The van der Waals surface area contributed by atoms with Gasteiger partial charge in [0.15, 0.2) is 0 Å². The van der Waals surface area contributed by atoms with Crippen molar-refractivity contribution in [2.24, 2.45) is 5.73 Å². The van der Waals surface area contributed by atoms with Gasteiger partial charge in [-0.3, -0.25) is 0 Å². The molecule has 0 fully saturated rings. The molecule has 1 rings (SSSR count). The van der Waals surface area contributed by atoms with Crippen LogP contribution in [-0.2, 0) is 0 Å². The molecule has 106 valence electrons. The maximum absolute atomic E-state index is 10.5. The largest absolute Gasteiger partial charge is 0.470 e. The van der Waals surface area contributed by atoms with Gasteiger partial charge in [-0.25, -0.2) is 4.79 Å². The molecule has 0 spiro atoms. The summed E-state index contributed by atoms with van der Waals surface area (Å²) < 4.78 is 5.65. The second kappa shape index (κ2) is 6.12. The van der Waals surface area contributed by atoms with E-state index in [2.05, 4.69) is 15.6 Å². The van der Waals surface area contributed by atoms with Crippen molar-refractivity contribution in [1.29, 1.82) is 0 Å². The van der Waals surface area contributed by atoms with E-state index in [4.69, 9.17) is 16.2 Å². The van der Waals surface area contributed by atoms with E-state index >= 15 is 0 Å². The number of amides is 2. The van der Waals surface area contributed by atoms with Gasteiger partial charge in [0.2, 0.25) is 5.88 Å². The van der Waals surface area contributed by atoms with Crippen LogP contribution in [0.5, 0.6) is 5.88 Å². The van der Waals surface area contributed by atoms with E-state index in [1.807, 2.05) is 20.8 Å². The molecule has 1 heterocycles. The summed E-state index contributed by atoms with van der Waals surface area (Å²) in [6, 6.07) is 2.91. The Morgan fingerprint density at radius 2 is 2.05 bits per heavy atom. The van der Waals surface area contributed by atoms with Crippen LogP contribution in [0.15, 0.2) is 12.1 Å². The summed E-state index contributed by atoms with van der Waals surface area (Å²) in [6.07, 6.45) is 0. The molecule has 0 bridgehead atoms. The van der Waals surface area contributed by atoms with Crippen LogP contribution in [0, 0.1) is 0 Å². The van der Waals surface area contributed by atoms with Crippen molar-refractivity contribution in [3.8, 4) is 5.88 Å². The van der Waals surface area contributed by atoms with Gasteiger partial charge >= 0.3 is 6.03 Å². The van der Waals surface area contributed by atoms with Crippen LogP contribution in [0.25, 0.3) is 0 Å². The fourth-order valence-electron chi connectivity index (χ4n) is 1.30. The Kier molecular flexibility index (Phi) is 4.80. The van der Waals surface area contributed by atoms with Gasteiger partial charge in [0.25, 0.3) is 0 Å². The lowest BCUT2D eigenvalue weighted by molar-refractivity contribution is 0.125. The Balaban J connectivity index is 2.60. The molecular formula is C12H21N5O2. The Hall–Kier alpha value is -2.18. The predicted octanol–water partition coefficient (Wildman–Crippen LogP) is 0.921. The summed E-state index contributed by atoms with van der Waals surface area (Å²) >= 11 is 0. The number of hydrogen-bond donors (Lipinski definition) is 4. The first-order chi connectivity index (χ1) is 8.78. The van der Waals surface area contributed by atoms with E-state index in [0.717, 1.165) is 0 Å².